The molecule has 0 fully saturated rings. The van der Waals surface area contributed by atoms with E-state index < -0.39 is 5.97 Å². The van der Waals surface area contributed by atoms with E-state index in [4.69, 9.17) is 9.15 Å². The second-order valence-electron chi connectivity index (χ2n) is 6.36. The molecule has 1 aliphatic heterocycles. The summed E-state index contributed by atoms with van der Waals surface area (Å²) in [5.41, 5.74) is 3.19. The van der Waals surface area contributed by atoms with Crippen LogP contribution < -0.4 is 5.32 Å². The van der Waals surface area contributed by atoms with Crippen LogP contribution in [0.4, 0.5) is 5.69 Å². The highest BCUT2D eigenvalue weighted by atomic mass is 16.5. The molecule has 4 rings (SSSR count). The molecule has 2 heterocycles. The van der Waals surface area contributed by atoms with Crippen LogP contribution in [0.1, 0.15) is 32.7 Å². The number of anilines is 1. The summed E-state index contributed by atoms with van der Waals surface area (Å²) in [7, 11) is 0. The van der Waals surface area contributed by atoms with Crippen LogP contribution >= 0.6 is 0 Å². The number of hydrogen-bond acceptors (Lipinski definition) is 6. The minimum Gasteiger partial charge on any atom is -0.454 e. The fourth-order valence-corrected chi connectivity index (χ4v) is 2.98. The molecule has 3 aromatic rings. The number of Topliss-reactive ketones (excluding diaryl/α,β-unsaturated/α-hetero) is 1. The number of ketones is 1. The smallest absolute Gasteiger partial charge is 0.338 e. The summed E-state index contributed by atoms with van der Waals surface area (Å²) in [5.74, 6) is -0.317. The number of fused-ring (bicyclic) bond motifs is 1. The number of nitrogens with zero attached hydrogens (tertiary/aromatic N) is 1. The highest BCUT2D eigenvalue weighted by Crippen LogP contribution is 2.24. The van der Waals surface area contributed by atoms with Crippen LogP contribution in [-0.2, 0) is 16.0 Å². The summed E-state index contributed by atoms with van der Waals surface area (Å²) in [6.07, 6.45) is 3.89. The Kier molecular flexibility index (Phi) is 4.72. The molecule has 0 saturated carbocycles. The zero-order chi connectivity index (χ0) is 19.5. The van der Waals surface area contributed by atoms with Crippen molar-refractivity contribution in [2.75, 3.05) is 11.9 Å². The number of amides is 1. The number of aryl methyl sites for hydroxylation is 1. The van der Waals surface area contributed by atoms with Crippen molar-refractivity contribution >= 4 is 23.3 Å². The molecule has 0 saturated heterocycles. The number of nitrogens with one attached hydrogen (secondary N) is 1. The molecule has 2 aromatic carbocycles. The SMILES string of the molecule is O=C1CCc2cc(C(=O)COC(=O)c3ccc(-c4cnco4)cc3)ccc2N1. The standard InChI is InChI=1S/C21H16N2O5/c24-18(16-5-7-17-15(9-16)6-8-20(25)23-17)11-27-21(26)14-3-1-13(2-4-14)19-10-22-12-28-19/h1-5,7,9-10,12H,6,8,11H2,(H,23,25). The van der Waals surface area contributed by atoms with Crippen LogP contribution in [-0.4, -0.2) is 29.3 Å². The number of esters is 1. The third kappa shape index (κ3) is 3.68. The minimum atomic E-state index is -0.581. The molecule has 7 nitrogen and oxygen atoms in total. The van der Waals surface area contributed by atoms with Gasteiger partial charge in [-0.3, -0.25) is 9.59 Å². The lowest BCUT2D eigenvalue weighted by Crippen LogP contribution is -2.20. The zero-order valence-electron chi connectivity index (χ0n) is 14.8. The highest BCUT2D eigenvalue weighted by molar-refractivity contribution is 6.01. The fourth-order valence-electron chi connectivity index (χ4n) is 2.98. The van der Waals surface area contributed by atoms with Crippen LogP contribution in [0.2, 0.25) is 0 Å². The molecular weight excluding hydrogens is 360 g/mol. The first-order valence-electron chi connectivity index (χ1n) is 8.72. The summed E-state index contributed by atoms with van der Waals surface area (Å²) < 4.78 is 10.3. The van der Waals surface area contributed by atoms with Crippen LogP contribution in [0.25, 0.3) is 11.3 Å². The van der Waals surface area contributed by atoms with Crippen molar-refractivity contribution in [3.05, 3.63) is 71.7 Å². The topological polar surface area (TPSA) is 98.5 Å². The Morgan fingerprint density at radius 3 is 2.61 bits per heavy atom. The Balaban J connectivity index is 1.38. The number of ether oxygens (including phenoxy) is 1. The number of carbonyl (C=O) groups excluding carboxylic acids is 3. The predicted molar refractivity (Wildman–Crippen MR) is 99.9 cm³/mol. The van der Waals surface area contributed by atoms with Gasteiger partial charge in [-0.15, -0.1) is 0 Å². The van der Waals surface area contributed by atoms with E-state index >= 15 is 0 Å². The predicted octanol–water partition coefficient (Wildman–Crippen LogP) is 3.27. The van der Waals surface area contributed by atoms with Crippen molar-refractivity contribution < 1.29 is 23.5 Å². The Morgan fingerprint density at radius 1 is 1.07 bits per heavy atom. The van der Waals surface area contributed by atoms with Crippen LogP contribution in [0, 0.1) is 0 Å². The van der Waals surface area contributed by atoms with Crippen molar-refractivity contribution in [3.63, 3.8) is 0 Å². The third-order valence-corrected chi connectivity index (χ3v) is 4.49. The van der Waals surface area contributed by atoms with Gasteiger partial charge in [-0.2, -0.15) is 0 Å². The minimum absolute atomic E-state index is 0.0326. The summed E-state index contributed by atoms with van der Waals surface area (Å²) in [6.45, 7) is -0.353. The number of aromatic nitrogens is 1. The maximum absolute atomic E-state index is 12.4. The van der Waals surface area contributed by atoms with E-state index in [1.54, 1.807) is 48.7 Å². The summed E-state index contributed by atoms with van der Waals surface area (Å²) in [5, 5.41) is 2.77. The van der Waals surface area contributed by atoms with Crippen molar-refractivity contribution in [2.45, 2.75) is 12.8 Å². The second kappa shape index (κ2) is 7.48. The van der Waals surface area contributed by atoms with Gasteiger partial charge in [0.15, 0.2) is 24.5 Å². The molecule has 7 heteroatoms. The fraction of sp³-hybridized carbons (Fsp3) is 0.143. The third-order valence-electron chi connectivity index (χ3n) is 4.49. The van der Waals surface area contributed by atoms with E-state index in [0.29, 0.717) is 29.7 Å². The van der Waals surface area contributed by atoms with Gasteiger partial charge in [0.05, 0.1) is 11.8 Å². The molecule has 1 aromatic heterocycles. The van der Waals surface area contributed by atoms with Gasteiger partial charge in [0.2, 0.25) is 5.91 Å². The van der Waals surface area contributed by atoms with Crippen molar-refractivity contribution in [3.8, 4) is 11.3 Å². The molecule has 0 bridgehead atoms. The lowest BCUT2D eigenvalue weighted by molar-refractivity contribution is -0.116. The number of carbonyl (C=O) groups is 3. The largest absolute Gasteiger partial charge is 0.454 e. The summed E-state index contributed by atoms with van der Waals surface area (Å²) >= 11 is 0. The Labute approximate surface area is 160 Å². The van der Waals surface area contributed by atoms with Crippen molar-refractivity contribution in [1.29, 1.82) is 0 Å². The maximum atomic E-state index is 12.4. The second-order valence-corrected chi connectivity index (χ2v) is 6.36. The quantitative estimate of drug-likeness (QED) is 0.542. The average molecular weight is 376 g/mol. The lowest BCUT2D eigenvalue weighted by Gasteiger charge is -2.17. The van der Waals surface area contributed by atoms with E-state index in [1.165, 1.54) is 6.39 Å². The van der Waals surface area contributed by atoms with E-state index in [0.717, 1.165) is 16.8 Å². The van der Waals surface area contributed by atoms with Gasteiger partial charge < -0.3 is 14.5 Å². The Morgan fingerprint density at radius 2 is 1.86 bits per heavy atom. The van der Waals surface area contributed by atoms with Crippen LogP contribution in [0.3, 0.4) is 0 Å². The molecule has 28 heavy (non-hydrogen) atoms. The molecule has 140 valence electrons. The number of benzene rings is 2. The van der Waals surface area contributed by atoms with Gasteiger partial charge in [0.25, 0.3) is 0 Å². The first-order valence-corrected chi connectivity index (χ1v) is 8.72. The molecule has 0 spiro atoms. The zero-order valence-corrected chi connectivity index (χ0v) is 14.8. The van der Waals surface area contributed by atoms with Gasteiger partial charge in [-0.1, -0.05) is 12.1 Å². The molecule has 0 aliphatic carbocycles. The summed E-state index contributed by atoms with van der Waals surface area (Å²) in [4.78, 5) is 39.8. The molecule has 0 radical (unpaired) electrons. The number of hydrogen-bond donors (Lipinski definition) is 1. The van der Waals surface area contributed by atoms with E-state index in [1.807, 2.05) is 0 Å². The Bertz CT molecular complexity index is 1040. The molecule has 1 N–H and O–H groups in total. The summed E-state index contributed by atoms with van der Waals surface area (Å²) in [6, 6.07) is 11.7. The first-order chi connectivity index (χ1) is 13.6. The lowest BCUT2D eigenvalue weighted by atomic mass is 9.99. The molecule has 1 aliphatic rings. The Hall–Kier alpha value is -3.74. The molecular formula is C21H16N2O5. The van der Waals surface area contributed by atoms with Gasteiger partial charge in [0.1, 0.15) is 0 Å². The molecule has 0 unspecified atom stereocenters. The molecule has 0 atom stereocenters. The average Bonchev–Trinajstić information content (AvgIpc) is 3.26. The van der Waals surface area contributed by atoms with Gasteiger partial charge in [-0.25, -0.2) is 9.78 Å². The highest BCUT2D eigenvalue weighted by Gasteiger charge is 2.18. The number of rotatable bonds is 5. The van der Waals surface area contributed by atoms with Crippen LogP contribution in [0.5, 0.6) is 0 Å². The monoisotopic (exact) mass is 376 g/mol. The van der Waals surface area contributed by atoms with Crippen molar-refractivity contribution in [2.24, 2.45) is 0 Å². The van der Waals surface area contributed by atoms with Gasteiger partial charge >= 0.3 is 5.97 Å². The van der Waals surface area contributed by atoms with Crippen LogP contribution in [0.15, 0.2) is 59.5 Å². The van der Waals surface area contributed by atoms with Gasteiger partial charge in [-0.05, 0) is 42.3 Å². The molecule has 1 amide bonds. The maximum Gasteiger partial charge on any atom is 0.338 e. The first kappa shape index (κ1) is 17.7. The number of oxazole rings is 1. The van der Waals surface area contributed by atoms with Gasteiger partial charge in [0, 0.05) is 23.2 Å². The van der Waals surface area contributed by atoms with Crippen molar-refractivity contribution in [1.82, 2.24) is 4.98 Å². The van der Waals surface area contributed by atoms with E-state index in [-0.39, 0.29) is 18.3 Å². The normalized spacial score (nSPS) is 12.8. The van der Waals surface area contributed by atoms with E-state index in [9.17, 15) is 14.4 Å². The van der Waals surface area contributed by atoms with E-state index in [2.05, 4.69) is 10.3 Å².